The van der Waals surface area contributed by atoms with Gasteiger partial charge in [0.05, 0.1) is 10.0 Å². The lowest BCUT2D eigenvalue weighted by Crippen LogP contribution is -2.42. The Morgan fingerprint density at radius 3 is 2.75 bits per heavy atom. The first-order valence-corrected chi connectivity index (χ1v) is 5.21. The molecule has 0 spiro atoms. The molecule has 1 aliphatic heterocycles. The normalized spacial score (nSPS) is 19.9. The van der Waals surface area contributed by atoms with Crippen LogP contribution in [0.4, 0.5) is 0 Å². The highest BCUT2D eigenvalue weighted by Gasteiger charge is 2.16. The average molecular weight is 258 g/mol. The molecule has 1 aromatic carbocycles. The largest absolute Gasteiger partial charge is 0.290 e. The molecule has 5 nitrogen and oxygen atoms in total. The average Bonchev–Trinajstić information content (AvgIpc) is 2.26. The molecule has 0 bridgehead atoms. The molecule has 0 radical (unpaired) electrons. The summed E-state index contributed by atoms with van der Waals surface area (Å²) in [6.45, 7) is 0. The second-order valence-electron chi connectivity index (χ2n) is 3.19. The lowest BCUT2D eigenvalue weighted by molar-refractivity contribution is 0.283. The fourth-order valence-electron chi connectivity index (χ4n) is 1.25. The third-order valence-electron chi connectivity index (χ3n) is 2.09. The third-order valence-corrected chi connectivity index (χ3v) is 2.91. The minimum atomic E-state index is -0.665. The molecule has 0 fully saturated rings. The molecule has 4 N–H and O–H groups in total. The van der Waals surface area contributed by atoms with E-state index in [-0.39, 0.29) is 0 Å². The summed E-state index contributed by atoms with van der Waals surface area (Å²) in [5, 5.41) is 9.82. The summed E-state index contributed by atoms with van der Waals surface area (Å²) in [5.41, 5.74) is 6.72. The maximum absolute atomic E-state index is 6.05. The van der Waals surface area contributed by atoms with Crippen LogP contribution in [-0.4, -0.2) is 11.3 Å². The first kappa shape index (κ1) is 11.3. The smallest absolute Gasteiger partial charge is 0.206 e. The highest BCUT2D eigenvalue weighted by atomic mass is 35.5. The number of azo groups is 1. The van der Waals surface area contributed by atoms with E-state index in [1.54, 1.807) is 24.4 Å². The monoisotopic (exact) mass is 257 g/mol. The highest BCUT2D eigenvalue weighted by Crippen LogP contribution is 2.32. The van der Waals surface area contributed by atoms with E-state index >= 15 is 0 Å². The molecule has 16 heavy (non-hydrogen) atoms. The first-order valence-electron chi connectivity index (χ1n) is 4.45. The molecule has 1 aromatic rings. The number of nitrogens with two attached hydrogens (primary N) is 2. The predicted octanol–water partition coefficient (Wildman–Crippen LogP) is 2.18. The van der Waals surface area contributed by atoms with Crippen molar-refractivity contribution in [1.82, 2.24) is 5.01 Å². The van der Waals surface area contributed by atoms with Crippen LogP contribution < -0.4 is 11.6 Å². The molecular formula is C9H9Cl2N5. The first-order chi connectivity index (χ1) is 7.59. The number of nitrogens with zero attached hydrogens (tertiary/aromatic N) is 3. The SMILES string of the molecule is NC1N=NC(c2cccc(Cl)c2Cl)=CN1N. The number of halogens is 2. The molecule has 1 heterocycles. The van der Waals surface area contributed by atoms with Gasteiger partial charge in [0.1, 0.15) is 5.70 Å². The zero-order valence-electron chi connectivity index (χ0n) is 8.14. The van der Waals surface area contributed by atoms with Gasteiger partial charge in [-0.05, 0) is 6.07 Å². The van der Waals surface area contributed by atoms with Crippen LogP contribution in [0.5, 0.6) is 0 Å². The molecule has 84 valence electrons. The van der Waals surface area contributed by atoms with Crippen molar-refractivity contribution in [3.8, 4) is 0 Å². The second kappa shape index (κ2) is 4.39. The maximum atomic E-state index is 6.05. The quantitative estimate of drug-likeness (QED) is 0.757. The lowest BCUT2D eigenvalue weighted by atomic mass is 10.1. The van der Waals surface area contributed by atoms with E-state index in [2.05, 4.69) is 10.2 Å². The number of hydrazine groups is 1. The van der Waals surface area contributed by atoms with Crippen molar-refractivity contribution < 1.29 is 0 Å². The lowest BCUT2D eigenvalue weighted by Gasteiger charge is -2.22. The van der Waals surface area contributed by atoms with E-state index in [4.69, 9.17) is 34.8 Å². The Morgan fingerprint density at radius 1 is 1.31 bits per heavy atom. The van der Waals surface area contributed by atoms with Crippen LogP contribution in [0.2, 0.25) is 10.0 Å². The minimum absolute atomic E-state index is 0.415. The molecule has 2 rings (SSSR count). The van der Waals surface area contributed by atoms with Crippen LogP contribution in [-0.2, 0) is 0 Å². The Bertz CT molecular complexity index is 471. The van der Waals surface area contributed by atoms with Crippen LogP contribution in [0.25, 0.3) is 5.70 Å². The van der Waals surface area contributed by atoms with Crippen molar-refractivity contribution in [3.63, 3.8) is 0 Å². The maximum Gasteiger partial charge on any atom is 0.206 e. The van der Waals surface area contributed by atoms with Crippen molar-refractivity contribution in [1.29, 1.82) is 0 Å². The highest BCUT2D eigenvalue weighted by molar-refractivity contribution is 6.43. The summed E-state index contributed by atoms with van der Waals surface area (Å²) < 4.78 is 0. The zero-order chi connectivity index (χ0) is 11.7. The van der Waals surface area contributed by atoms with E-state index in [9.17, 15) is 0 Å². The molecule has 1 aliphatic rings. The molecule has 0 amide bonds. The van der Waals surface area contributed by atoms with Gasteiger partial charge in [-0.3, -0.25) is 10.7 Å². The van der Waals surface area contributed by atoms with Crippen LogP contribution >= 0.6 is 23.2 Å². The Morgan fingerprint density at radius 2 is 2.06 bits per heavy atom. The molecular weight excluding hydrogens is 249 g/mol. The second-order valence-corrected chi connectivity index (χ2v) is 3.98. The van der Waals surface area contributed by atoms with Crippen molar-refractivity contribution in [2.24, 2.45) is 21.8 Å². The Hall–Kier alpha value is -1.14. The fourth-order valence-corrected chi connectivity index (χ4v) is 1.65. The molecule has 0 aromatic heterocycles. The standard InChI is InChI=1S/C9H9Cl2N5/c10-6-3-1-2-5(8(6)11)7-4-16(13)9(12)15-14-7/h1-4,9H,12-13H2. The summed E-state index contributed by atoms with van der Waals surface area (Å²) in [4.78, 5) is 0. The summed E-state index contributed by atoms with van der Waals surface area (Å²) in [7, 11) is 0. The minimum Gasteiger partial charge on any atom is -0.290 e. The molecule has 1 unspecified atom stereocenters. The summed E-state index contributed by atoms with van der Waals surface area (Å²) >= 11 is 11.9. The summed E-state index contributed by atoms with van der Waals surface area (Å²) in [6, 6.07) is 5.25. The molecule has 0 saturated carbocycles. The van der Waals surface area contributed by atoms with E-state index in [0.717, 1.165) is 0 Å². The molecule has 7 heteroatoms. The van der Waals surface area contributed by atoms with Crippen LogP contribution in [0, 0.1) is 0 Å². The van der Waals surface area contributed by atoms with E-state index in [1.807, 2.05) is 0 Å². The number of benzene rings is 1. The Labute approximate surface area is 102 Å². The van der Waals surface area contributed by atoms with Gasteiger partial charge in [0.2, 0.25) is 6.29 Å². The number of hydrogen-bond donors (Lipinski definition) is 2. The van der Waals surface area contributed by atoms with Crippen molar-refractivity contribution in [2.45, 2.75) is 6.29 Å². The van der Waals surface area contributed by atoms with Crippen LogP contribution in [0.15, 0.2) is 34.6 Å². The van der Waals surface area contributed by atoms with Crippen LogP contribution in [0.1, 0.15) is 5.56 Å². The number of hydrogen-bond acceptors (Lipinski definition) is 5. The fraction of sp³-hybridized carbons (Fsp3) is 0.111. The molecule has 1 atom stereocenters. The van der Waals surface area contributed by atoms with Gasteiger partial charge in [0.15, 0.2) is 0 Å². The van der Waals surface area contributed by atoms with E-state index in [0.29, 0.717) is 21.3 Å². The van der Waals surface area contributed by atoms with Crippen molar-refractivity contribution in [2.75, 3.05) is 0 Å². The van der Waals surface area contributed by atoms with Gasteiger partial charge in [0, 0.05) is 11.8 Å². The number of rotatable bonds is 1. The van der Waals surface area contributed by atoms with Crippen LogP contribution in [0.3, 0.4) is 0 Å². The predicted molar refractivity (Wildman–Crippen MR) is 63.3 cm³/mol. The zero-order valence-corrected chi connectivity index (χ0v) is 9.65. The van der Waals surface area contributed by atoms with Crippen molar-refractivity contribution in [3.05, 3.63) is 40.0 Å². The summed E-state index contributed by atoms with van der Waals surface area (Å²) in [5.74, 6) is 5.60. The topological polar surface area (TPSA) is 80.0 Å². The van der Waals surface area contributed by atoms with Gasteiger partial charge in [-0.25, -0.2) is 5.84 Å². The molecule has 0 aliphatic carbocycles. The van der Waals surface area contributed by atoms with Gasteiger partial charge < -0.3 is 0 Å². The van der Waals surface area contributed by atoms with Crippen molar-refractivity contribution >= 4 is 28.9 Å². The van der Waals surface area contributed by atoms with Gasteiger partial charge in [-0.2, -0.15) is 5.11 Å². The van der Waals surface area contributed by atoms with E-state index < -0.39 is 6.29 Å². The summed E-state index contributed by atoms with van der Waals surface area (Å²) in [6.07, 6.45) is 0.900. The van der Waals surface area contributed by atoms with Gasteiger partial charge in [-0.15, -0.1) is 5.11 Å². The third kappa shape index (κ3) is 2.03. The van der Waals surface area contributed by atoms with Gasteiger partial charge in [0.25, 0.3) is 0 Å². The van der Waals surface area contributed by atoms with E-state index in [1.165, 1.54) is 5.01 Å². The molecule has 0 saturated heterocycles. The Kier molecular flexibility index (Phi) is 3.11. The Balaban J connectivity index is 2.43. The van der Waals surface area contributed by atoms with Gasteiger partial charge >= 0.3 is 0 Å². The van der Waals surface area contributed by atoms with Gasteiger partial charge in [-0.1, -0.05) is 35.3 Å².